The molecule has 7 aromatic rings. The summed E-state index contributed by atoms with van der Waals surface area (Å²) < 4.78 is 51.7. The maximum atomic E-state index is 9.19. The third-order valence-electron chi connectivity index (χ3n) is 6.86. The SMILES string of the molecule is CS(=O)(=O)O.CS(=O)(=O)O.Cc1c2ccccc2c(C)c2ccccc12.c1cc2ccc3cccc4ccc(c1)c2c34. The monoisotopic (exact) mass is 600 g/mol. The lowest BCUT2D eigenvalue weighted by Crippen LogP contribution is -1.88. The summed E-state index contributed by atoms with van der Waals surface area (Å²) in [6.45, 7) is 4.42. The first-order valence-corrected chi connectivity index (χ1v) is 16.8. The molecule has 0 bridgehead atoms. The van der Waals surface area contributed by atoms with Gasteiger partial charge in [0.1, 0.15) is 0 Å². The van der Waals surface area contributed by atoms with Gasteiger partial charge in [0.05, 0.1) is 12.5 Å². The first-order valence-electron chi connectivity index (χ1n) is 13.1. The second-order valence-corrected chi connectivity index (χ2v) is 13.0. The molecule has 0 atom stereocenters. The van der Waals surface area contributed by atoms with Crippen molar-refractivity contribution in [2.24, 2.45) is 0 Å². The van der Waals surface area contributed by atoms with Crippen molar-refractivity contribution in [2.45, 2.75) is 13.8 Å². The van der Waals surface area contributed by atoms with Crippen molar-refractivity contribution in [1.82, 2.24) is 0 Å². The second kappa shape index (κ2) is 12.4. The zero-order valence-electron chi connectivity index (χ0n) is 23.7. The van der Waals surface area contributed by atoms with E-state index >= 15 is 0 Å². The van der Waals surface area contributed by atoms with Gasteiger partial charge in [-0.2, -0.15) is 16.8 Å². The molecule has 7 rings (SSSR count). The average molecular weight is 601 g/mol. The summed E-state index contributed by atoms with van der Waals surface area (Å²) in [5.41, 5.74) is 2.77. The minimum absolute atomic E-state index is 0.715. The van der Waals surface area contributed by atoms with Crippen molar-refractivity contribution < 1.29 is 25.9 Å². The Kier molecular flexibility index (Phi) is 9.13. The number of hydrogen-bond donors (Lipinski definition) is 2. The molecule has 0 unspecified atom stereocenters. The van der Waals surface area contributed by atoms with E-state index in [4.69, 9.17) is 9.11 Å². The fraction of sp³-hybridized carbons (Fsp3) is 0.118. The molecule has 2 N–H and O–H groups in total. The minimum atomic E-state index is -3.67. The van der Waals surface area contributed by atoms with Crippen LogP contribution >= 0.6 is 0 Å². The molecule has 0 fully saturated rings. The predicted molar refractivity (Wildman–Crippen MR) is 176 cm³/mol. The van der Waals surface area contributed by atoms with Crippen molar-refractivity contribution in [2.75, 3.05) is 12.5 Å². The van der Waals surface area contributed by atoms with Crippen LogP contribution in [0.4, 0.5) is 0 Å². The lowest BCUT2D eigenvalue weighted by molar-refractivity contribution is 0.488. The van der Waals surface area contributed by atoms with Gasteiger partial charge >= 0.3 is 0 Å². The van der Waals surface area contributed by atoms with Crippen LogP contribution in [-0.4, -0.2) is 38.5 Å². The third-order valence-corrected chi connectivity index (χ3v) is 6.86. The maximum Gasteiger partial charge on any atom is 0.261 e. The van der Waals surface area contributed by atoms with Gasteiger partial charge in [0.25, 0.3) is 20.2 Å². The molecular formula is C34H32O6S2. The second-order valence-electron chi connectivity index (χ2n) is 10.1. The van der Waals surface area contributed by atoms with E-state index < -0.39 is 20.2 Å². The van der Waals surface area contributed by atoms with E-state index in [0.717, 1.165) is 0 Å². The van der Waals surface area contributed by atoms with Crippen molar-refractivity contribution in [3.8, 4) is 0 Å². The van der Waals surface area contributed by atoms with Crippen LogP contribution in [0.15, 0.2) is 109 Å². The molecule has 0 heterocycles. The molecule has 7 aromatic carbocycles. The highest BCUT2D eigenvalue weighted by Gasteiger charge is 2.07. The first-order chi connectivity index (χ1) is 19.7. The van der Waals surface area contributed by atoms with Crippen molar-refractivity contribution in [3.63, 3.8) is 0 Å². The highest BCUT2D eigenvalue weighted by molar-refractivity contribution is 7.85. The van der Waals surface area contributed by atoms with Crippen LogP contribution in [-0.2, 0) is 20.2 Å². The molecule has 0 spiro atoms. The van der Waals surface area contributed by atoms with E-state index in [1.807, 2.05) is 0 Å². The van der Waals surface area contributed by atoms with Gasteiger partial charge in [-0.25, -0.2) is 0 Å². The fourth-order valence-electron chi connectivity index (χ4n) is 5.23. The standard InChI is InChI=1S/C16H10.C16H14.2CH4O3S/c1-3-11-7-9-13-5-2-6-14-10-8-12(4-1)15(11)16(13)14;1-11-13-7-3-5-9-15(13)12(2)16-10-6-4-8-14(11)16;2*1-5(2,3)4/h1-10H;3-10H,1-2H3;2*1H3,(H,2,3,4). The van der Waals surface area contributed by atoms with Gasteiger partial charge < -0.3 is 0 Å². The summed E-state index contributed by atoms with van der Waals surface area (Å²) in [7, 11) is -7.33. The Morgan fingerprint density at radius 1 is 0.405 bits per heavy atom. The van der Waals surface area contributed by atoms with Crippen molar-refractivity contribution in [3.05, 3.63) is 120 Å². The van der Waals surface area contributed by atoms with E-state index in [-0.39, 0.29) is 0 Å². The molecule has 6 nitrogen and oxygen atoms in total. The predicted octanol–water partition coefficient (Wildman–Crippen LogP) is 8.20. The summed E-state index contributed by atoms with van der Waals surface area (Å²) in [5.74, 6) is 0. The zero-order valence-corrected chi connectivity index (χ0v) is 25.4. The Labute approximate surface area is 246 Å². The molecule has 0 saturated heterocycles. The Hall–Kier alpha value is -4.08. The number of benzene rings is 7. The van der Waals surface area contributed by atoms with Crippen molar-refractivity contribution in [1.29, 1.82) is 0 Å². The molecule has 0 radical (unpaired) electrons. The Bertz CT molecular complexity index is 1950. The molecular weight excluding hydrogens is 569 g/mol. The summed E-state index contributed by atoms with van der Waals surface area (Å²) >= 11 is 0. The maximum absolute atomic E-state index is 9.19. The van der Waals surface area contributed by atoms with Crippen LogP contribution in [0.25, 0.3) is 53.9 Å². The van der Waals surface area contributed by atoms with Crippen LogP contribution in [0.5, 0.6) is 0 Å². The number of aryl methyl sites for hydroxylation is 2. The molecule has 0 aromatic heterocycles. The molecule has 0 saturated carbocycles. The van der Waals surface area contributed by atoms with Crippen LogP contribution < -0.4 is 0 Å². The third kappa shape index (κ3) is 7.60. The summed E-state index contributed by atoms with van der Waals surface area (Å²) in [5, 5.41) is 13.6. The van der Waals surface area contributed by atoms with Crippen LogP contribution in [0.3, 0.4) is 0 Å². The quantitative estimate of drug-likeness (QED) is 0.103. The molecule has 42 heavy (non-hydrogen) atoms. The van der Waals surface area contributed by atoms with Gasteiger partial charge in [0.15, 0.2) is 0 Å². The number of rotatable bonds is 0. The van der Waals surface area contributed by atoms with E-state index in [1.54, 1.807) is 0 Å². The molecule has 0 aliphatic carbocycles. The summed E-state index contributed by atoms with van der Waals surface area (Å²) in [6.07, 6.45) is 1.43. The van der Waals surface area contributed by atoms with E-state index in [0.29, 0.717) is 12.5 Å². The average Bonchev–Trinajstić information content (AvgIpc) is 2.93. The normalized spacial score (nSPS) is 11.5. The molecule has 0 aliphatic heterocycles. The largest absolute Gasteiger partial charge is 0.286 e. The van der Waals surface area contributed by atoms with Crippen LogP contribution in [0.1, 0.15) is 11.1 Å². The van der Waals surface area contributed by atoms with Crippen molar-refractivity contribution >= 4 is 74.1 Å². The smallest absolute Gasteiger partial charge is 0.261 e. The minimum Gasteiger partial charge on any atom is -0.286 e. The van der Waals surface area contributed by atoms with Gasteiger partial charge in [-0.05, 0) is 78.8 Å². The highest BCUT2D eigenvalue weighted by atomic mass is 32.2. The van der Waals surface area contributed by atoms with E-state index in [2.05, 4.69) is 123 Å². The summed E-state index contributed by atoms with van der Waals surface area (Å²) in [4.78, 5) is 0. The Balaban J connectivity index is 0.000000148. The van der Waals surface area contributed by atoms with Gasteiger partial charge in [0.2, 0.25) is 0 Å². The molecule has 0 amide bonds. The highest BCUT2D eigenvalue weighted by Crippen LogP contribution is 2.34. The van der Waals surface area contributed by atoms with Crippen LogP contribution in [0.2, 0.25) is 0 Å². The van der Waals surface area contributed by atoms with E-state index in [9.17, 15) is 16.8 Å². The molecule has 216 valence electrons. The fourth-order valence-corrected chi connectivity index (χ4v) is 5.23. The zero-order chi connectivity index (χ0) is 30.7. The Morgan fingerprint density at radius 2 is 0.619 bits per heavy atom. The Morgan fingerprint density at radius 3 is 0.833 bits per heavy atom. The number of fused-ring (bicyclic) bond motifs is 2. The van der Waals surface area contributed by atoms with Gasteiger partial charge in [0, 0.05) is 0 Å². The van der Waals surface area contributed by atoms with Gasteiger partial charge in [-0.3, -0.25) is 9.11 Å². The lowest BCUT2D eigenvalue weighted by Gasteiger charge is -2.11. The lowest BCUT2D eigenvalue weighted by atomic mass is 9.93. The van der Waals surface area contributed by atoms with Gasteiger partial charge in [-0.1, -0.05) is 109 Å². The molecule has 8 heteroatoms. The van der Waals surface area contributed by atoms with Gasteiger partial charge in [-0.15, -0.1) is 0 Å². The molecule has 0 aliphatic rings. The van der Waals surface area contributed by atoms with E-state index in [1.165, 1.54) is 65.0 Å². The van der Waals surface area contributed by atoms with Crippen LogP contribution in [0, 0.1) is 13.8 Å². The summed E-state index contributed by atoms with van der Waals surface area (Å²) in [6, 6.07) is 39.2. The first kappa shape index (κ1) is 30.9. The number of hydrogen-bond acceptors (Lipinski definition) is 4. The topological polar surface area (TPSA) is 109 Å².